The SMILES string of the molecule is CCc1ccc(/C=C2\CCc3cc(OC)ccc3C2=O)cc1[N+](=O)[O-]. The molecular formula is C20H19NO4. The molecule has 0 saturated heterocycles. The minimum Gasteiger partial charge on any atom is -0.497 e. The molecule has 0 N–H and O–H groups in total. The van der Waals surface area contributed by atoms with Gasteiger partial charge >= 0.3 is 0 Å². The highest BCUT2D eigenvalue weighted by Gasteiger charge is 2.22. The third-order valence-corrected chi connectivity index (χ3v) is 4.54. The zero-order chi connectivity index (χ0) is 18.0. The summed E-state index contributed by atoms with van der Waals surface area (Å²) in [5, 5.41) is 11.2. The van der Waals surface area contributed by atoms with Crippen LogP contribution in [-0.2, 0) is 12.8 Å². The predicted octanol–water partition coefficient (Wildman–Crippen LogP) is 4.38. The molecule has 0 aromatic heterocycles. The molecule has 0 unspecified atom stereocenters. The van der Waals surface area contributed by atoms with Crippen LogP contribution in [0.3, 0.4) is 0 Å². The fourth-order valence-electron chi connectivity index (χ4n) is 3.16. The van der Waals surface area contributed by atoms with Gasteiger partial charge in [-0.2, -0.15) is 0 Å². The average Bonchev–Trinajstić information content (AvgIpc) is 2.63. The number of hydrogen-bond acceptors (Lipinski definition) is 4. The van der Waals surface area contributed by atoms with Gasteiger partial charge in [-0.25, -0.2) is 0 Å². The van der Waals surface area contributed by atoms with Crippen LogP contribution >= 0.6 is 0 Å². The number of fused-ring (bicyclic) bond motifs is 1. The molecule has 1 aliphatic carbocycles. The maximum Gasteiger partial charge on any atom is 0.273 e. The van der Waals surface area contributed by atoms with Crippen molar-refractivity contribution in [3.8, 4) is 5.75 Å². The molecule has 25 heavy (non-hydrogen) atoms. The van der Waals surface area contributed by atoms with E-state index >= 15 is 0 Å². The van der Waals surface area contributed by atoms with Crippen LogP contribution in [0.1, 0.15) is 40.4 Å². The Bertz CT molecular complexity index is 883. The first kappa shape index (κ1) is 16.9. The van der Waals surface area contributed by atoms with Crippen LogP contribution in [0.5, 0.6) is 5.75 Å². The monoisotopic (exact) mass is 337 g/mol. The quantitative estimate of drug-likeness (QED) is 0.472. The normalized spacial score (nSPS) is 15.1. The van der Waals surface area contributed by atoms with Crippen molar-refractivity contribution in [3.63, 3.8) is 0 Å². The standard InChI is InChI=1S/C20H19NO4/c1-3-14-5-4-13(11-19(14)21(23)24)10-16-7-6-15-12-17(25-2)8-9-18(15)20(16)22/h4-5,8-12H,3,6-7H2,1-2H3/b16-10+. The Morgan fingerprint density at radius 1 is 1.20 bits per heavy atom. The first-order valence-electron chi connectivity index (χ1n) is 8.23. The third kappa shape index (κ3) is 3.31. The number of methoxy groups -OCH3 is 1. The second-order valence-corrected chi connectivity index (χ2v) is 6.02. The van der Waals surface area contributed by atoms with Crippen molar-refractivity contribution < 1.29 is 14.5 Å². The third-order valence-electron chi connectivity index (χ3n) is 4.54. The van der Waals surface area contributed by atoms with E-state index in [4.69, 9.17) is 4.74 Å². The second-order valence-electron chi connectivity index (χ2n) is 6.02. The molecule has 2 aromatic carbocycles. The highest BCUT2D eigenvalue weighted by atomic mass is 16.6. The summed E-state index contributed by atoms with van der Waals surface area (Å²) in [5.41, 5.74) is 3.82. The number of ether oxygens (including phenoxy) is 1. The van der Waals surface area contributed by atoms with Gasteiger partial charge in [0.25, 0.3) is 5.69 Å². The lowest BCUT2D eigenvalue weighted by Crippen LogP contribution is -2.14. The summed E-state index contributed by atoms with van der Waals surface area (Å²) in [5.74, 6) is 0.718. The zero-order valence-corrected chi connectivity index (χ0v) is 14.2. The molecule has 0 radical (unpaired) electrons. The van der Waals surface area contributed by atoms with Gasteiger partial charge in [-0.1, -0.05) is 19.1 Å². The molecule has 5 nitrogen and oxygen atoms in total. The minimum absolute atomic E-state index is 0.0221. The maximum atomic E-state index is 12.7. The Morgan fingerprint density at radius 2 is 2.00 bits per heavy atom. The maximum absolute atomic E-state index is 12.7. The topological polar surface area (TPSA) is 69.4 Å². The number of rotatable bonds is 4. The molecule has 0 bridgehead atoms. The molecule has 2 aromatic rings. The van der Waals surface area contributed by atoms with Crippen LogP contribution in [0, 0.1) is 10.1 Å². The molecule has 0 atom stereocenters. The Kier molecular flexibility index (Phi) is 4.65. The van der Waals surface area contributed by atoms with Gasteiger partial charge in [0.1, 0.15) is 5.75 Å². The number of allylic oxidation sites excluding steroid dienone is 1. The van der Waals surface area contributed by atoms with E-state index in [0.29, 0.717) is 35.1 Å². The highest BCUT2D eigenvalue weighted by molar-refractivity contribution is 6.13. The number of carbonyl (C=O) groups is 1. The van der Waals surface area contributed by atoms with E-state index in [0.717, 1.165) is 17.7 Å². The van der Waals surface area contributed by atoms with E-state index in [1.807, 2.05) is 19.1 Å². The summed E-state index contributed by atoms with van der Waals surface area (Å²) in [4.78, 5) is 23.6. The number of aryl methyl sites for hydroxylation is 2. The van der Waals surface area contributed by atoms with Gasteiger partial charge in [0.05, 0.1) is 12.0 Å². The number of nitrogens with zero attached hydrogens (tertiary/aromatic N) is 1. The number of Topliss-reactive ketones (excluding diaryl/α,β-unsaturated/α-hetero) is 1. The lowest BCUT2D eigenvalue weighted by atomic mass is 9.86. The Labute approximate surface area is 146 Å². The van der Waals surface area contributed by atoms with E-state index in [-0.39, 0.29) is 16.4 Å². The Morgan fingerprint density at radius 3 is 2.68 bits per heavy atom. The smallest absolute Gasteiger partial charge is 0.273 e. The van der Waals surface area contributed by atoms with Gasteiger partial charge in [0, 0.05) is 22.8 Å². The van der Waals surface area contributed by atoms with Crippen LogP contribution in [0.15, 0.2) is 42.0 Å². The first-order chi connectivity index (χ1) is 12.0. The summed E-state index contributed by atoms with van der Waals surface area (Å²) >= 11 is 0. The van der Waals surface area contributed by atoms with Gasteiger partial charge in [-0.15, -0.1) is 0 Å². The van der Waals surface area contributed by atoms with Crippen molar-refractivity contribution >= 4 is 17.5 Å². The van der Waals surface area contributed by atoms with Crippen molar-refractivity contribution in [2.45, 2.75) is 26.2 Å². The van der Waals surface area contributed by atoms with Crippen molar-refractivity contribution in [2.24, 2.45) is 0 Å². The van der Waals surface area contributed by atoms with Gasteiger partial charge < -0.3 is 4.74 Å². The molecule has 0 spiro atoms. The van der Waals surface area contributed by atoms with Gasteiger partial charge in [-0.3, -0.25) is 14.9 Å². The van der Waals surface area contributed by atoms with Crippen molar-refractivity contribution in [2.75, 3.05) is 7.11 Å². The van der Waals surface area contributed by atoms with Crippen LogP contribution in [0.4, 0.5) is 5.69 Å². The molecule has 128 valence electrons. The summed E-state index contributed by atoms with van der Waals surface area (Å²) in [6, 6.07) is 10.6. The molecule has 0 saturated carbocycles. The van der Waals surface area contributed by atoms with Crippen LogP contribution in [-0.4, -0.2) is 17.8 Å². The average molecular weight is 337 g/mol. The summed E-state index contributed by atoms with van der Waals surface area (Å²) in [7, 11) is 1.60. The number of carbonyl (C=O) groups excluding carboxylic acids is 1. The van der Waals surface area contributed by atoms with Crippen LogP contribution in [0.2, 0.25) is 0 Å². The molecule has 0 aliphatic heterocycles. The Hall–Kier alpha value is -2.95. The molecular weight excluding hydrogens is 318 g/mol. The van der Waals surface area contributed by atoms with Gasteiger partial charge in [-0.05, 0) is 54.7 Å². The fourth-order valence-corrected chi connectivity index (χ4v) is 3.16. The first-order valence-corrected chi connectivity index (χ1v) is 8.23. The van der Waals surface area contributed by atoms with E-state index in [9.17, 15) is 14.9 Å². The lowest BCUT2D eigenvalue weighted by Gasteiger charge is -2.18. The number of nitro benzene ring substituents is 1. The Balaban J connectivity index is 1.96. The fraction of sp³-hybridized carbons (Fsp3) is 0.250. The van der Waals surface area contributed by atoms with Crippen LogP contribution in [0.25, 0.3) is 6.08 Å². The van der Waals surface area contributed by atoms with Gasteiger partial charge in [0.15, 0.2) is 5.78 Å². The largest absolute Gasteiger partial charge is 0.497 e. The number of hydrogen-bond donors (Lipinski definition) is 0. The number of ketones is 1. The lowest BCUT2D eigenvalue weighted by molar-refractivity contribution is -0.385. The minimum atomic E-state index is -0.370. The van der Waals surface area contributed by atoms with Crippen molar-refractivity contribution in [3.05, 3.63) is 74.3 Å². The summed E-state index contributed by atoms with van der Waals surface area (Å²) in [6.45, 7) is 1.89. The molecule has 5 heteroatoms. The molecule has 0 heterocycles. The van der Waals surface area contributed by atoms with Gasteiger partial charge in [0.2, 0.25) is 0 Å². The second kappa shape index (κ2) is 6.89. The number of nitro groups is 1. The van der Waals surface area contributed by atoms with E-state index in [2.05, 4.69) is 0 Å². The highest BCUT2D eigenvalue weighted by Crippen LogP contribution is 2.30. The van der Waals surface area contributed by atoms with Crippen molar-refractivity contribution in [1.82, 2.24) is 0 Å². The summed E-state index contributed by atoms with van der Waals surface area (Å²) in [6.07, 6.45) is 3.73. The van der Waals surface area contributed by atoms with Crippen molar-refractivity contribution in [1.29, 1.82) is 0 Å². The van der Waals surface area contributed by atoms with E-state index in [1.165, 1.54) is 0 Å². The van der Waals surface area contributed by atoms with E-state index < -0.39 is 0 Å². The molecule has 0 amide bonds. The van der Waals surface area contributed by atoms with Crippen LogP contribution < -0.4 is 4.74 Å². The summed E-state index contributed by atoms with van der Waals surface area (Å²) < 4.78 is 5.21. The molecule has 3 rings (SSSR count). The molecule has 0 fully saturated rings. The zero-order valence-electron chi connectivity index (χ0n) is 14.2. The van der Waals surface area contributed by atoms with E-state index in [1.54, 1.807) is 37.5 Å². The predicted molar refractivity (Wildman–Crippen MR) is 96.1 cm³/mol. The number of benzene rings is 2. The molecule has 1 aliphatic rings.